The number of nitrogens with one attached hydrogen (secondary N) is 2. The lowest BCUT2D eigenvalue weighted by Gasteiger charge is -2.11. The van der Waals surface area contributed by atoms with E-state index in [4.69, 9.17) is 20.4 Å². The number of carboxylic acid groups (broad SMARTS) is 2. The van der Waals surface area contributed by atoms with Gasteiger partial charge in [0, 0.05) is 0 Å². The fourth-order valence-electron chi connectivity index (χ4n) is 1.66. The van der Waals surface area contributed by atoms with E-state index in [0.717, 1.165) is 6.07 Å². The van der Waals surface area contributed by atoms with Crippen molar-refractivity contribution in [1.29, 1.82) is 0 Å². The third-order valence-corrected chi connectivity index (χ3v) is 2.59. The minimum absolute atomic E-state index is 0.505. The highest BCUT2D eigenvalue weighted by Gasteiger charge is 2.25. The van der Waals surface area contributed by atoms with Crippen molar-refractivity contribution in [2.24, 2.45) is 0 Å². The van der Waals surface area contributed by atoms with Gasteiger partial charge in [-0.1, -0.05) is 0 Å². The summed E-state index contributed by atoms with van der Waals surface area (Å²) in [6.07, 6.45) is 0. The molecular formula is C12H12N2O8. The van der Waals surface area contributed by atoms with Crippen molar-refractivity contribution < 1.29 is 39.6 Å². The Morgan fingerprint density at radius 2 is 1.05 bits per heavy atom. The number of rotatable bonds is 6. The van der Waals surface area contributed by atoms with Crippen LogP contribution in [-0.4, -0.2) is 57.6 Å². The van der Waals surface area contributed by atoms with Crippen molar-refractivity contribution in [1.82, 2.24) is 10.6 Å². The smallest absolute Gasteiger partial charge is 0.336 e. The van der Waals surface area contributed by atoms with Crippen molar-refractivity contribution in [3.05, 3.63) is 34.4 Å². The molecule has 1 rings (SSSR count). The lowest BCUT2D eigenvalue weighted by molar-refractivity contribution is 0.0684. The highest BCUT2D eigenvalue weighted by molar-refractivity contribution is 6.11. The summed E-state index contributed by atoms with van der Waals surface area (Å²) in [5.74, 6) is -5.18. The van der Waals surface area contributed by atoms with Crippen LogP contribution in [0.25, 0.3) is 0 Å². The maximum Gasteiger partial charge on any atom is 0.336 e. The molecule has 0 spiro atoms. The van der Waals surface area contributed by atoms with E-state index in [1.54, 1.807) is 0 Å². The summed E-state index contributed by atoms with van der Waals surface area (Å²) in [6.45, 7) is -1.56. The molecule has 10 nitrogen and oxygen atoms in total. The summed E-state index contributed by atoms with van der Waals surface area (Å²) in [5, 5.41) is 39.2. The number of carboxylic acids is 2. The maximum atomic E-state index is 11.7. The first-order valence-electron chi connectivity index (χ1n) is 5.76. The van der Waals surface area contributed by atoms with Gasteiger partial charge >= 0.3 is 11.9 Å². The predicted molar refractivity (Wildman–Crippen MR) is 69.5 cm³/mol. The van der Waals surface area contributed by atoms with Gasteiger partial charge in [-0.2, -0.15) is 0 Å². The number of carbonyl (C=O) groups is 4. The van der Waals surface area contributed by atoms with E-state index in [2.05, 4.69) is 0 Å². The molecule has 118 valence electrons. The molecule has 0 saturated heterocycles. The number of aromatic carboxylic acids is 2. The minimum atomic E-state index is -1.58. The van der Waals surface area contributed by atoms with Crippen molar-refractivity contribution >= 4 is 23.8 Å². The van der Waals surface area contributed by atoms with Crippen LogP contribution in [0.15, 0.2) is 12.1 Å². The average molecular weight is 312 g/mol. The van der Waals surface area contributed by atoms with Crippen LogP contribution >= 0.6 is 0 Å². The van der Waals surface area contributed by atoms with Crippen LogP contribution in [0.1, 0.15) is 41.4 Å². The monoisotopic (exact) mass is 312 g/mol. The van der Waals surface area contributed by atoms with E-state index in [0.29, 0.717) is 6.07 Å². The van der Waals surface area contributed by atoms with Gasteiger partial charge in [-0.25, -0.2) is 9.59 Å². The van der Waals surface area contributed by atoms with Crippen molar-refractivity contribution in [2.45, 2.75) is 0 Å². The molecule has 0 atom stereocenters. The Balaban J connectivity index is 3.58. The molecule has 0 aliphatic heterocycles. The van der Waals surface area contributed by atoms with Crippen LogP contribution in [0, 0.1) is 0 Å². The number of aliphatic hydroxyl groups is 2. The zero-order valence-electron chi connectivity index (χ0n) is 11.0. The minimum Gasteiger partial charge on any atom is -0.478 e. The van der Waals surface area contributed by atoms with Gasteiger partial charge in [0.15, 0.2) is 0 Å². The first-order chi connectivity index (χ1) is 10.3. The van der Waals surface area contributed by atoms with E-state index in [1.165, 1.54) is 0 Å². The normalized spacial score (nSPS) is 9.91. The van der Waals surface area contributed by atoms with E-state index in [-0.39, 0.29) is 0 Å². The first-order valence-corrected chi connectivity index (χ1v) is 5.76. The second-order valence-corrected chi connectivity index (χ2v) is 3.88. The van der Waals surface area contributed by atoms with Gasteiger partial charge in [-0.05, 0) is 12.1 Å². The Bertz CT molecular complexity index is 589. The zero-order valence-corrected chi connectivity index (χ0v) is 11.0. The number of aliphatic hydroxyl groups excluding tert-OH is 2. The van der Waals surface area contributed by atoms with Crippen LogP contribution in [-0.2, 0) is 0 Å². The lowest BCUT2D eigenvalue weighted by Crippen LogP contribution is -2.30. The first kappa shape index (κ1) is 17.1. The average Bonchev–Trinajstić information content (AvgIpc) is 2.46. The quantitative estimate of drug-likeness (QED) is 0.342. The Morgan fingerprint density at radius 3 is 1.32 bits per heavy atom. The summed E-state index contributed by atoms with van der Waals surface area (Å²) in [4.78, 5) is 45.7. The van der Waals surface area contributed by atoms with E-state index >= 15 is 0 Å². The van der Waals surface area contributed by atoms with Crippen LogP contribution in [0.5, 0.6) is 0 Å². The molecule has 0 heterocycles. The highest BCUT2D eigenvalue weighted by atomic mass is 16.4. The molecule has 2 amide bonds. The Kier molecular flexibility index (Phi) is 5.55. The van der Waals surface area contributed by atoms with Gasteiger partial charge in [0.1, 0.15) is 13.5 Å². The molecular weight excluding hydrogens is 300 g/mol. The van der Waals surface area contributed by atoms with Gasteiger partial charge in [0.05, 0.1) is 22.3 Å². The largest absolute Gasteiger partial charge is 0.478 e. The molecule has 0 aliphatic rings. The Labute approximate surface area is 123 Å². The Morgan fingerprint density at radius 1 is 0.727 bits per heavy atom. The van der Waals surface area contributed by atoms with Gasteiger partial charge in [-0.3, -0.25) is 9.59 Å². The third-order valence-electron chi connectivity index (χ3n) is 2.59. The molecule has 0 radical (unpaired) electrons. The highest BCUT2D eigenvalue weighted by Crippen LogP contribution is 2.18. The molecule has 0 aromatic heterocycles. The molecule has 22 heavy (non-hydrogen) atoms. The van der Waals surface area contributed by atoms with Crippen molar-refractivity contribution in [2.75, 3.05) is 13.5 Å². The molecule has 10 heteroatoms. The topological polar surface area (TPSA) is 173 Å². The summed E-state index contributed by atoms with van der Waals surface area (Å²) in [6, 6.07) is 1.42. The Hall–Kier alpha value is -2.98. The molecule has 1 aromatic rings. The summed E-state index contributed by atoms with van der Waals surface area (Å²) in [7, 11) is 0. The summed E-state index contributed by atoms with van der Waals surface area (Å²) in [5.41, 5.74) is -2.31. The standard InChI is InChI=1S/C12H12N2O8/c15-3-13-9(17)5-1-6(10(18)14-4-16)8(12(21)22)2-7(5)11(19)20/h1-2,15-16H,3-4H2,(H,13,17)(H,14,18)(H,19,20)(H,21,22). The fraction of sp³-hybridized carbons (Fsp3) is 0.167. The van der Waals surface area contributed by atoms with Crippen LogP contribution in [0.3, 0.4) is 0 Å². The van der Waals surface area contributed by atoms with Gasteiger partial charge in [0.2, 0.25) is 0 Å². The van der Waals surface area contributed by atoms with E-state index < -0.39 is 59.5 Å². The molecule has 0 fully saturated rings. The number of carbonyl (C=O) groups excluding carboxylic acids is 2. The van der Waals surface area contributed by atoms with E-state index in [1.807, 2.05) is 10.6 Å². The maximum absolute atomic E-state index is 11.7. The SMILES string of the molecule is O=C(O)c1cc(C(=O)O)c(C(=O)NCO)cc1C(=O)NCO. The summed E-state index contributed by atoms with van der Waals surface area (Å²) < 4.78 is 0. The third kappa shape index (κ3) is 3.56. The molecule has 1 aromatic carbocycles. The predicted octanol–water partition coefficient (Wildman–Crippen LogP) is -1.56. The second kappa shape index (κ2) is 7.15. The van der Waals surface area contributed by atoms with Crippen molar-refractivity contribution in [3.63, 3.8) is 0 Å². The molecule has 0 unspecified atom stereocenters. The van der Waals surface area contributed by atoms with E-state index in [9.17, 15) is 19.2 Å². The molecule has 6 N–H and O–H groups in total. The zero-order chi connectivity index (χ0) is 16.9. The number of benzene rings is 1. The molecule has 0 saturated carbocycles. The van der Waals surface area contributed by atoms with Gasteiger partial charge < -0.3 is 31.1 Å². The molecule has 0 bridgehead atoms. The van der Waals surface area contributed by atoms with Gasteiger partial charge in [0.25, 0.3) is 11.8 Å². The fourth-order valence-corrected chi connectivity index (χ4v) is 1.66. The summed E-state index contributed by atoms with van der Waals surface area (Å²) >= 11 is 0. The van der Waals surface area contributed by atoms with Crippen LogP contribution in [0.4, 0.5) is 0 Å². The number of hydrogen-bond donors (Lipinski definition) is 6. The van der Waals surface area contributed by atoms with Crippen molar-refractivity contribution in [3.8, 4) is 0 Å². The molecule has 0 aliphatic carbocycles. The second-order valence-electron chi connectivity index (χ2n) is 3.88. The number of hydrogen-bond acceptors (Lipinski definition) is 6. The lowest BCUT2D eigenvalue weighted by atomic mass is 9.97. The number of amides is 2. The van der Waals surface area contributed by atoms with Gasteiger partial charge in [-0.15, -0.1) is 0 Å². The van der Waals surface area contributed by atoms with Crippen LogP contribution < -0.4 is 10.6 Å². The van der Waals surface area contributed by atoms with Crippen LogP contribution in [0.2, 0.25) is 0 Å².